The van der Waals surface area contributed by atoms with Crippen LogP contribution in [-0.4, -0.2) is 18.4 Å². The van der Waals surface area contributed by atoms with Crippen molar-refractivity contribution in [1.29, 1.82) is 5.26 Å². The van der Waals surface area contributed by atoms with E-state index in [1.54, 1.807) is 6.07 Å². The molecule has 4 nitrogen and oxygen atoms in total. The maximum atomic E-state index is 11.6. The number of nitrogens with zero attached hydrogens (tertiary/aromatic N) is 1. The second kappa shape index (κ2) is 7.25. The summed E-state index contributed by atoms with van der Waals surface area (Å²) < 4.78 is 4.71. The molecule has 4 heteroatoms. The van der Waals surface area contributed by atoms with Gasteiger partial charge in [-0.25, -0.2) is 4.79 Å². The van der Waals surface area contributed by atoms with Gasteiger partial charge in [-0.15, -0.1) is 0 Å². The quantitative estimate of drug-likeness (QED) is 0.469. The van der Waals surface area contributed by atoms with Gasteiger partial charge in [0, 0.05) is 0 Å². The van der Waals surface area contributed by atoms with Crippen LogP contribution in [0.4, 0.5) is 0 Å². The lowest BCUT2D eigenvalue weighted by atomic mass is 10.0. The Labute approximate surface area is 118 Å². The van der Waals surface area contributed by atoms with Crippen LogP contribution in [0, 0.1) is 11.3 Å². The van der Waals surface area contributed by atoms with E-state index in [2.05, 4.69) is 13.8 Å². The zero-order valence-corrected chi connectivity index (χ0v) is 11.8. The number of esters is 1. The summed E-state index contributed by atoms with van der Waals surface area (Å²) in [6.45, 7) is 5.17. The molecule has 0 amide bonds. The minimum absolute atomic E-state index is 0.122. The first-order chi connectivity index (χ1) is 9.43. The summed E-state index contributed by atoms with van der Waals surface area (Å²) in [6, 6.07) is 9.36. The van der Waals surface area contributed by atoms with Crippen molar-refractivity contribution in [3.8, 4) is 6.07 Å². The van der Waals surface area contributed by atoms with Crippen LogP contribution in [0.2, 0.25) is 0 Å². The first-order valence-electron chi connectivity index (χ1n) is 6.32. The summed E-state index contributed by atoms with van der Waals surface area (Å²) in [5.41, 5.74) is 1.80. The van der Waals surface area contributed by atoms with Crippen molar-refractivity contribution in [3.05, 3.63) is 41.0 Å². The lowest BCUT2D eigenvalue weighted by Gasteiger charge is -2.05. The molecule has 1 aromatic rings. The van der Waals surface area contributed by atoms with Gasteiger partial charge >= 0.3 is 5.97 Å². The summed E-state index contributed by atoms with van der Waals surface area (Å²) in [4.78, 5) is 22.3. The Bertz CT molecular complexity index is 562. The molecule has 0 saturated carbocycles. The lowest BCUT2D eigenvalue weighted by molar-refractivity contribution is -0.143. The van der Waals surface area contributed by atoms with Gasteiger partial charge < -0.3 is 4.74 Å². The second-order valence-corrected chi connectivity index (χ2v) is 4.77. The fraction of sp³-hybridized carbons (Fsp3) is 0.312. The Morgan fingerprint density at radius 3 is 2.35 bits per heavy atom. The van der Waals surface area contributed by atoms with E-state index in [9.17, 15) is 9.59 Å². The Morgan fingerprint density at radius 2 is 1.90 bits per heavy atom. The third kappa shape index (κ3) is 4.69. The van der Waals surface area contributed by atoms with Gasteiger partial charge in [0.15, 0.2) is 5.78 Å². The topological polar surface area (TPSA) is 67.2 Å². The van der Waals surface area contributed by atoms with Crippen molar-refractivity contribution in [2.24, 2.45) is 0 Å². The minimum atomic E-state index is -0.782. The van der Waals surface area contributed by atoms with Crippen molar-refractivity contribution in [3.63, 3.8) is 0 Å². The molecule has 1 aromatic carbocycles. The Morgan fingerprint density at radius 1 is 1.30 bits per heavy atom. The molecule has 0 saturated heterocycles. The van der Waals surface area contributed by atoms with Gasteiger partial charge in [0.25, 0.3) is 0 Å². The molecule has 0 aromatic heterocycles. The molecule has 0 radical (unpaired) electrons. The first-order valence-corrected chi connectivity index (χ1v) is 6.32. The zero-order chi connectivity index (χ0) is 15.1. The molecule has 0 fully saturated rings. The molecule has 0 N–H and O–H groups in total. The van der Waals surface area contributed by atoms with Crippen LogP contribution in [0.3, 0.4) is 0 Å². The number of hydrogen-bond acceptors (Lipinski definition) is 4. The van der Waals surface area contributed by atoms with E-state index >= 15 is 0 Å². The Hall–Kier alpha value is -2.41. The van der Waals surface area contributed by atoms with E-state index in [1.165, 1.54) is 18.6 Å². The number of benzene rings is 1. The summed E-state index contributed by atoms with van der Waals surface area (Å²) in [6.07, 6.45) is 1.45. The van der Waals surface area contributed by atoms with Crippen LogP contribution in [-0.2, 0) is 14.3 Å². The number of ketones is 1. The molecule has 0 heterocycles. The molecule has 1 rings (SSSR count). The molecule has 0 unspecified atom stereocenters. The molecule has 104 valence electrons. The molecule has 20 heavy (non-hydrogen) atoms. The highest BCUT2D eigenvalue weighted by Gasteiger charge is 2.11. The van der Waals surface area contributed by atoms with Crippen LogP contribution in [0.5, 0.6) is 0 Å². The number of nitriles is 1. The van der Waals surface area contributed by atoms with Gasteiger partial charge in [0.1, 0.15) is 18.2 Å². The predicted octanol–water partition coefficient (Wildman–Crippen LogP) is 2.85. The standard InChI is InChI=1S/C16H17NO3/c1-11(2)14-6-4-13(5-7-14)8-15(9-17)16(19)20-10-12(3)18/h4-8,11H,10H2,1-3H3/b15-8+. The van der Waals surface area contributed by atoms with E-state index in [4.69, 9.17) is 10.00 Å². The molecule has 0 atom stereocenters. The van der Waals surface area contributed by atoms with Gasteiger partial charge in [0.2, 0.25) is 0 Å². The number of rotatable bonds is 5. The van der Waals surface area contributed by atoms with E-state index in [-0.39, 0.29) is 18.0 Å². The van der Waals surface area contributed by atoms with Gasteiger partial charge in [-0.05, 0) is 30.0 Å². The summed E-state index contributed by atoms with van der Waals surface area (Å²) in [5, 5.41) is 8.96. The summed E-state index contributed by atoms with van der Waals surface area (Å²) in [5.74, 6) is -0.628. The molecule has 0 aliphatic rings. The van der Waals surface area contributed by atoms with Gasteiger partial charge in [-0.1, -0.05) is 38.1 Å². The average molecular weight is 271 g/mol. The number of hydrogen-bond donors (Lipinski definition) is 0. The van der Waals surface area contributed by atoms with Crippen LogP contribution in [0.15, 0.2) is 29.8 Å². The normalized spacial score (nSPS) is 11.1. The van der Waals surface area contributed by atoms with Crippen LogP contribution in [0.1, 0.15) is 37.8 Å². The zero-order valence-electron chi connectivity index (χ0n) is 11.8. The van der Waals surface area contributed by atoms with Crippen LogP contribution in [0.25, 0.3) is 6.08 Å². The van der Waals surface area contributed by atoms with Gasteiger partial charge in [0.05, 0.1) is 0 Å². The third-order valence-corrected chi connectivity index (χ3v) is 2.66. The van der Waals surface area contributed by atoms with E-state index in [1.807, 2.05) is 24.3 Å². The Kier molecular flexibility index (Phi) is 5.67. The smallest absolute Gasteiger partial charge is 0.349 e. The second-order valence-electron chi connectivity index (χ2n) is 4.77. The molecule has 0 bridgehead atoms. The summed E-state index contributed by atoms with van der Waals surface area (Å²) >= 11 is 0. The predicted molar refractivity (Wildman–Crippen MR) is 75.8 cm³/mol. The van der Waals surface area contributed by atoms with Crippen LogP contribution >= 0.6 is 0 Å². The fourth-order valence-electron chi connectivity index (χ4n) is 1.53. The average Bonchev–Trinajstić information content (AvgIpc) is 2.42. The van der Waals surface area contributed by atoms with Crippen LogP contribution < -0.4 is 0 Å². The SMILES string of the molecule is CC(=O)COC(=O)/C(C#N)=C/c1ccc(C(C)C)cc1. The van der Waals surface area contributed by atoms with E-state index in [0.29, 0.717) is 5.92 Å². The minimum Gasteiger partial charge on any atom is -0.454 e. The summed E-state index contributed by atoms with van der Waals surface area (Å²) in [7, 11) is 0. The highest BCUT2D eigenvalue weighted by atomic mass is 16.5. The molecule has 0 aliphatic heterocycles. The number of carbonyl (C=O) groups excluding carboxylic acids is 2. The van der Waals surface area contributed by atoms with Crippen molar-refractivity contribution in [1.82, 2.24) is 0 Å². The third-order valence-electron chi connectivity index (χ3n) is 2.66. The monoisotopic (exact) mass is 271 g/mol. The highest BCUT2D eigenvalue weighted by molar-refractivity contribution is 5.98. The largest absolute Gasteiger partial charge is 0.454 e. The van der Waals surface area contributed by atoms with E-state index in [0.717, 1.165) is 5.56 Å². The van der Waals surface area contributed by atoms with Crippen molar-refractivity contribution < 1.29 is 14.3 Å². The van der Waals surface area contributed by atoms with Crippen molar-refractivity contribution >= 4 is 17.8 Å². The maximum absolute atomic E-state index is 11.6. The molecule has 0 spiro atoms. The van der Waals surface area contributed by atoms with Gasteiger partial charge in [-0.3, -0.25) is 4.79 Å². The molecule has 0 aliphatic carbocycles. The number of Topliss-reactive ketones (excluding diaryl/α,β-unsaturated/α-hetero) is 1. The number of ether oxygens (including phenoxy) is 1. The maximum Gasteiger partial charge on any atom is 0.349 e. The first kappa shape index (κ1) is 15.6. The van der Waals surface area contributed by atoms with Gasteiger partial charge in [-0.2, -0.15) is 5.26 Å². The molecular weight excluding hydrogens is 254 g/mol. The molecular formula is C16H17NO3. The Balaban J connectivity index is 2.86. The van der Waals surface area contributed by atoms with Crippen molar-refractivity contribution in [2.45, 2.75) is 26.7 Å². The van der Waals surface area contributed by atoms with Crippen molar-refractivity contribution in [2.75, 3.05) is 6.61 Å². The number of carbonyl (C=O) groups is 2. The fourth-order valence-corrected chi connectivity index (χ4v) is 1.53. The van der Waals surface area contributed by atoms with E-state index < -0.39 is 5.97 Å². The lowest BCUT2D eigenvalue weighted by Crippen LogP contribution is -2.12. The highest BCUT2D eigenvalue weighted by Crippen LogP contribution is 2.16.